The van der Waals surface area contributed by atoms with Crippen molar-refractivity contribution in [2.24, 2.45) is 0 Å². The van der Waals surface area contributed by atoms with Crippen LogP contribution in [-0.2, 0) is 27.2 Å². The molecule has 2 fully saturated rings. The fraction of sp³-hybridized carbons (Fsp3) is 0.500. The summed E-state index contributed by atoms with van der Waals surface area (Å²) >= 11 is 0. The lowest BCUT2D eigenvalue weighted by atomic mass is 10.1. The van der Waals surface area contributed by atoms with Gasteiger partial charge in [0.2, 0.25) is 5.91 Å². The molecule has 1 aliphatic carbocycles. The lowest BCUT2D eigenvalue weighted by Gasteiger charge is -2.21. The Morgan fingerprint density at radius 1 is 1.18 bits per heavy atom. The van der Waals surface area contributed by atoms with E-state index in [0.717, 1.165) is 6.07 Å². The predicted molar refractivity (Wildman–Crippen MR) is 110 cm³/mol. The third kappa shape index (κ3) is 5.12. The molecule has 184 valence electrons. The number of alkyl halides is 4. The van der Waals surface area contributed by atoms with Crippen molar-refractivity contribution in [2.45, 2.75) is 57.4 Å². The van der Waals surface area contributed by atoms with E-state index in [9.17, 15) is 26.7 Å². The molecule has 2 aliphatic rings. The summed E-state index contributed by atoms with van der Waals surface area (Å²) in [5, 5.41) is 5.28. The molecule has 1 saturated carbocycles. The Kier molecular flexibility index (Phi) is 6.99. The molecule has 0 unspecified atom stereocenters. The van der Waals surface area contributed by atoms with E-state index in [1.54, 1.807) is 6.92 Å². The second-order valence-electron chi connectivity index (χ2n) is 8.21. The lowest BCUT2D eigenvalue weighted by molar-refractivity contribution is -0.122. The summed E-state index contributed by atoms with van der Waals surface area (Å²) in [7, 11) is 0. The van der Waals surface area contributed by atoms with Crippen LogP contribution in [0.1, 0.15) is 53.8 Å². The number of nitrogens with zero attached hydrogens (tertiary/aromatic N) is 2. The number of halogens is 5. The quantitative estimate of drug-likeness (QED) is 0.522. The summed E-state index contributed by atoms with van der Waals surface area (Å²) in [6.45, 7) is 1.90. The van der Waals surface area contributed by atoms with Gasteiger partial charge >= 0.3 is 0 Å². The second-order valence-corrected chi connectivity index (χ2v) is 8.21. The first-order chi connectivity index (χ1) is 16.2. The molecule has 7 nitrogen and oxygen atoms in total. The maximum absolute atomic E-state index is 14.5. The number of anilines is 1. The van der Waals surface area contributed by atoms with Crippen molar-refractivity contribution >= 4 is 11.7 Å². The van der Waals surface area contributed by atoms with Crippen molar-refractivity contribution in [2.75, 3.05) is 18.5 Å². The summed E-state index contributed by atoms with van der Waals surface area (Å²) in [5.74, 6) is -1.26. The van der Waals surface area contributed by atoms with E-state index in [4.69, 9.17) is 9.47 Å². The first kappa shape index (κ1) is 24.3. The standard InChI is InChI=1S/C22H23F5N4O3/c1-11-29-14(9-15(32)31-22(5-6-22)21(26)27)16(20-33-7-8-34-20)19(30-11)28-10-12-3-2-4-13(17(12)23)18(24)25/h2-4,18,20-21H,5-10H2,1H3,(H,31,32)(H,28,29,30). The van der Waals surface area contributed by atoms with Crippen LogP contribution in [-0.4, -0.2) is 41.1 Å². The zero-order valence-corrected chi connectivity index (χ0v) is 18.2. The predicted octanol–water partition coefficient (Wildman–Crippen LogP) is 3.98. The minimum absolute atomic E-state index is 0.0137. The number of aromatic nitrogens is 2. The molecule has 1 saturated heterocycles. The summed E-state index contributed by atoms with van der Waals surface area (Å²) in [4.78, 5) is 21.1. The Hall–Kier alpha value is -2.86. The molecule has 0 atom stereocenters. The van der Waals surface area contributed by atoms with E-state index in [-0.39, 0.29) is 67.5 Å². The Labute approximate surface area is 192 Å². The number of aryl methyl sites for hydroxylation is 1. The number of carbonyl (C=O) groups is 1. The number of ether oxygens (including phenoxy) is 2. The summed E-state index contributed by atoms with van der Waals surface area (Å²) in [6.07, 6.45) is -6.53. The number of amides is 1. The van der Waals surface area contributed by atoms with Crippen molar-refractivity contribution in [3.63, 3.8) is 0 Å². The lowest BCUT2D eigenvalue weighted by Crippen LogP contribution is -2.43. The Balaban J connectivity index is 1.60. The van der Waals surface area contributed by atoms with E-state index in [1.807, 2.05) is 0 Å². The number of nitrogens with one attached hydrogen (secondary N) is 2. The number of benzene rings is 1. The van der Waals surface area contributed by atoms with Gasteiger partial charge < -0.3 is 20.1 Å². The Bertz CT molecular complexity index is 1060. The van der Waals surface area contributed by atoms with Gasteiger partial charge in [-0.05, 0) is 19.8 Å². The van der Waals surface area contributed by atoms with Crippen LogP contribution in [0.15, 0.2) is 18.2 Å². The van der Waals surface area contributed by atoms with Gasteiger partial charge in [-0.1, -0.05) is 18.2 Å². The smallest absolute Gasteiger partial charge is 0.266 e. The first-order valence-corrected chi connectivity index (χ1v) is 10.7. The van der Waals surface area contributed by atoms with Crippen LogP contribution in [0.25, 0.3) is 0 Å². The monoisotopic (exact) mass is 486 g/mol. The van der Waals surface area contributed by atoms with Gasteiger partial charge in [0.15, 0.2) is 6.29 Å². The highest BCUT2D eigenvalue weighted by Crippen LogP contribution is 2.41. The van der Waals surface area contributed by atoms with Crippen LogP contribution in [0.3, 0.4) is 0 Å². The molecule has 0 spiro atoms. The highest BCUT2D eigenvalue weighted by atomic mass is 19.3. The topological polar surface area (TPSA) is 85.4 Å². The molecular formula is C22H23F5N4O3. The van der Waals surface area contributed by atoms with Crippen molar-refractivity contribution < 1.29 is 36.2 Å². The normalized spacial score (nSPS) is 17.4. The van der Waals surface area contributed by atoms with Gasteiger partial charge in [-0.15, -0.1) is 0 Å². The highest BCUT2D eigenvalue weighted by Gasteiger charge is 2.52. The van der Waals surface area contributed by atoms with Crippen LogP contribution < -0.4 is 10.6 Å². The second kappa shape index (κ2) is 9.79. The van der Waals surface area contributed by atoms with E-state index in [2.05, 4.69) is 20.6 Å². The zero-order valence-electron chi connectivity index (χ0n) is 18.2. The third-order valence-electron chi connectivity index (χ3n) is 5.71. The molecule has 1 amide bonds. The molecule has 1 aliphatic heterocycles. The van der Waals surface area contributed by atoms with Crippen LogP contribution in [0.2, 0.25) is 0 Å². The molecular weight excluding hydrogens is 463 g/mol. The van der Waals surface area contributed by atoms with Gasteiger partial charge in [0, 0.05) is 12.1 Å². The van der Waals surface area contributed by atoms with Crippen LogP contribution in [0.5, 0.6) is 0 Å². The Morgan fingerprint density at radius 2 is 1.88 bits per heavy atom. The molecule has 2 aromatic rings. The summed E-state index contributed by atoms with van der Waals surface area (Å²) < 4.78 is 78.1. The molecule has 4 rings (SSSR count). The molecule has 2 N–H and O–H groups in total. The first-order valence-electron chi connectivity index (χ1n) is 10.7. The fourth-order valence-electron chi connectivity index (χ4n) is 3.77. The molecule has 12 heteroatoms. The van der Waals surface area contributed by atoms with Crippen LogP contribution >= 0.6 is 0 Å². The molecule has 1 aromatic carbocycles. The van der Waals surface area contributed by atoms with Crippen molar-refractivity contribution in [3.05, 3.63) is 52.2 Å². The van der Waals surface area contributed by atoms with Gasteiger partial charge in [-0.2, -0.15) is 0 Å². The maximum Gasteiger partial charge on any atom is 0.266 e. The minimum Gasteiger partial charge on any atom is -0.365 e. The summed E-state index contributed by atoms with van der Waals surface area (Å²) in [6, 6.07) is 3.69. The van der Waals surface area contributed by atoms with Gasteiger partial charge in [0.25, 0.3) is 12.9 Å². The third-order valence-corrected chi connectivity index (χ3v) is 5.71. The molecule has 34 heavy (non-hydrogen) atoms. The van der Waals surface area contributed by atoms with E-state index in [1.165, 1.54) is 12.1 Å². The maximum atomic E-state index is 14.5. The Morgan fingerprint density at radius 3 is 2.50 bits per heavy atom. The van der Waals surface area contributed by atoms with Gasteiger partial charge in [0.1, 0.15) is 23.0 Å². The largest absolute Gasteiger partial charge is 0.365 e. The summed E-state index contributed by atoms with van der Waals surface area (Å²) in [5.41, 5.74) is -1.77. The average molecular weight is 486 g/mol. The number of hydrogen-bond acceptors (Lipinski definition) is 6. The van der Waals surface area contributed by atoms with Crippen LogP contribution in [0.4, 0.5) is 27.8 Å². The molecule has 0 bridgehead atoms. The van der Waals surface area contributed by atoms with E-state index >= 15 is 0 Å². The van der Waals surface area contributed by atoms with Crippen molar-refractivity contribution in [1.82, 2.24) is 15.3 Å². The fourth-order valence-corrected chi connectivity index (χ4v) is 3.77. The zero-order chi connectivity index (χ0) is 24.5. The molecule has 1 aromatic heterocycles. The molecule has 2 heterocycles. The SMILES string of the molecule is Cc1nc(CC(=O)NC2(C(F)F)CC2)c(C2OCCO2)c(NCc2cccc(C(F)F)c2F)n1. The number of hydrogen-bond donors (Lipinski definition) is 2. The van der Waals surface area contributed by atoms with Gasteiger partial charge in [0.05, 0.1) is 36.5 Å². The average Bonchev–Trinajstić information content (AvgIpc) is 3.35. The van der Waals surface area contributed by atoms with Gasteiger partial charge in [-0.25, -0.2) is 31.9 Å². The highest BCUT2D eigenvalue weighted by molar-refractivity contribution is 5.80. The van der Waals surface area contributed by atoms with Crippen molar-refractivity contribution in [1.29, 1.82) is 0 Å². The minimum atomic E-state index is -2.97. The van der Waals surface area contributed by atoms with E-state index < -0.39 is 42.0 Å². The number of rotatable bonds is 9. The van der Waals surface area contributed by atoms with Crippen molar-refractivity contribution in [3.8, 4) is 0 Å². The van der Waals surface area contributed by atoms with E-state index in [0.29, 0.717) is 0 Å². The van der Waals surface area contributed by atoms with Crippen LogP contribution in [0, 0.1) is 12.7 Å². The van der Waals surface area contributed by atoms with Gasteiger partial charge in [-0.3, -0.25) is 4.79 Å². The number of carbonyl (C=O) groups excluding carboxylic acids is 1. The molecule has 0 radical (unpaired) electrons.